The molecule has 1 amide bonds. The van der Waals surface area contributed by atoms with Gasteiger partial charge in [0.25, 0.3) is 5.91 Å². The molecule has 0 saturated carbocycles. The fourth-order valence-corrected chi connectivity index (χ4v) is 2.62. The van der Waals surface area contributed by atoms with E-state index in [0.717, 1.165) is 18.2 Å². The molecule has 7 nitrogen and oxygen atoms in total. The Morgan fingerprint density at radius 3 is 2.54 bits per heavy atom. The standard InChI is InChI=1S/C17H17N3O4/c21-16(14-9-19-15(10-18-14)17(22)23)20-6-7-24-13(11-20)8-12-4-2-1-3-5-12/h1-5,9-10,13H,6-8,11H2,(H,22,23). The highest BCUT2D eigenvalue weighted by Crippen LogP contribution is 2.13. The van der Waals surface area contributed by atoms with Crippen LogP contribution in [0.25, 0.3) is 0 Å². The van der Waals surface area contributed by atoms with Crippen molar-refractivity contribution in [3.8, 4) is 0 Å². The Hall–Kier alpha value is -2.80. The summed E-state index contributed by atoms with van der Waals surface area (Å²) in [5, 5.41) is 8.82. The summed E-state index contributed by atoms with van der Waals surface area (Å²) in [5.41, 5.74) is 1.11. The SMILES string of the molecule is O=C(O)c1cnc(C(=O)N2CCOC(Cc3ccccc3)C2)cn1. The number of aromatic carboxylic acids is 1. The molecule has 1 atom stereocenters. The molecule has 1 aromatic heterocycles. The molecule has 1 N–H and O–H groups in total. The summed E-state index contributed by atoms with van der Waals surface area (Å²) in [6, 6.07) is 9.96. The molecule has 0 aliphatic carbocycles. The van der Waals surface area contributed by atoms with Gasteiger partial charge in [-0.1, -0.05) is 30.3 Å². The smallest absolute Gasteiger partial charge is 0.356 e. The third-order valence-corrected chi connectivity index (χ3v) is 3.82. The van der Waals surface area contributed by atoms with Gasteiger partial charge in [-0.3, -0.25) is 4.79 Å². The van der Waals surface area contributed by atoms with Gasteiger partial charge in [0, 0.05) is 19.5 Å². The summed E-state index contributed by atoms with van der Waals surface area (Å²) in [5.74, 6) is -1.43. The lowest BCUT2D eigenvalue weighted by Crippen LogP contribution is -2.46. The Labute approximate surface area is 138 Å². The minimum absolute atomic E-state index is 0.0728. The second-order valence-corrected chi connectivity index (χ2v) is 5.53. The van der Waals surface area contributed by atoms with Crippen LogP contribution in [-0.4, -0.2) is 57.7 Å². The Kier molecular flexibility index (Phi) is 4.81. The van der Waals surface area contributed by atoms with Crippen LogP contribution >= 0.6 is 0 Å². The minimum atomic E-state index is -1.17. The lowest BCUT2D eigenvalue weighted by molar-refractivity contribution is -0.0210. The number of morpholine rings is 1. The van der Waals surface area contributed by atoms with E-state index in [1.807, 2.05) is 30.3 Å². The Morgan fingerprint density at radius 2 is 1.88 bits per heavy atom. The third-order valence-electron chi connectivity index (χ3n) is 3.82. The number of carboxylic acid groups (broad SMARTS) is 1. The van der Waals surface area contributed by atoms with Crippen molar-refractivity contribution in [2.24, 2.45) is 0 Å². The fourth-order valence-electron chi connectivity index (χ4n) is 2.62. The summed E-state index contributed by atoms with van der Waals surface area (Å²) < 4.78 is 5.74. The number of rotatable bonds is 4. The van der Waals surface area contributed by atoms with Gasteiger partial charge < -0.3 is 14.7 Å². The molecule has 1 saturated heterocycles. The Morgan fingerprint density at radius 1 is 1.17 bits per heavy atom. The third kappa shape index (κ3) is 3.75. The molecule has 1 unspecified atom stereocenters. The first kappa shape index (κ1) is 16.1. The van der Waals surface area contributed by atoms with Gasteiger partial charge in [-0.2, -0.15) is 0 Å². The molecule has 1 fully saturated rings. The largest absolute Gasteiger partial charge is 0.476 e. The Balaban J connectivity index is 1.65. The average molecular weight is 327 g/mol. The van der Waals surface area contributed by atoms with Crippen LogP contribution < -0.4 is 0 Å². The predicted octanol–water partition coefficient (Wildman–Crippen LogP) is 1.26. The molecule has 0 radical (unpaired) electrons. The van der Waals surface area contributed by atoms with Gasteiger partial charge in [-0.05, 0) is 5.56 Å². The quantitative estimate of drug-likeness (QED) is 0.909. The number of ether oxygens (including phenoxy) is 1. The number of carboxylic acids is 1. The number of hydrogen-bond donors (Lipinski definition) is 1. The van der Waals surface area contributed by atoms with Gasteiger partial charge in [0.15, 0.2) is 5.69 Å². The topological polar surface area (TPSA) is 92.6 Å². The molecule has 2 heterocycles. The molecule has 2 aromatic rings. The van der Waals surface area contributed by atoms with Crippen molar-refractivity contribution in [1.82, 2.24) is 14.9 Å². The normalized spacial score (nSPS) is 17.5. The maximum Gasteiger partial charge on any atom is 0.356 e. The molecule has 3 rings (SSSR count). The van der Waals surface area contributed by atoms with E-state index in [4.69, 9.17) is 9.84 Å². The number of carbonyl (C=O) groups is 2. The summed E-state index contributed by atoms with van der Waals surface area (Å²) in [7, 11) is 0. The minimum Gasteiger partial charge on any atom is -0.476 e. The molecule has 124 valence electrons. The van der Waals surface area contributed by atoms with E-state index in [2.05, 4.69) is 9.97 Å². The van der Waals surface area contributed by atoms with Crippen molar-refractivity contribution in [3.63, 3.8) is 0 Å². The first-order valence-corrected chi connectivity index (χ1v) is 7.63. The van der Waals surface area contributed by atoms with Crippen LogP contribution in [0.3, 0.4) is 0 Å². The zero-order valence-electron chi connectivity index (χ0n) is 13.0. The first-order chi connectivity index (χ1) is 11.6. The van der Waals surface area contributed by atoms with Crippen LogP contribution in [0, 0.1) is 0 Å². The van der Waals surface area contributed by atoms with Crippen molar-refractivity contribution in [3.05, 3.63) is 59.7 Å². The zero-order chi connectivity index (χ0) is 16.9. The number of aromatic nitrogens is 2. The summed E-state index contributed by atoms with van der Waals surface area (Å²) in [6.45, 7) is 1.41. The summed E-state index contributed by atoms with van der Waals surface area (Å²) in [6.07, 6.45) is 2.95. The monoisotopic (exact) mass is 327 g/mol. The maximum atomic E-state index is 12.5. The first-order valence-electron chi connectivity index (χ1n) is 7.63. The van der Waals surface area contributed by atoms with Gasteiger partial charge in [-0.15, -0.1) is 0 Å². The van der Waals surface area contributed by atoms with E-state index in [-0.39, 0.29) is 23.4 Å². The van der Waals surface area contributed by atoms with Crippen molar-refractivity contribution in [2.75, 3.05) is 19.7 Å². The van der Waals surface area contributed by atoms with E-state index < -0.39 is 5.97 Å². The number of benzene rings is 1. The van der Waals surface area contributed by atoms with Crippen LogP contribution in [-0.2, 0) is 11.2 Å². The summed E-state index contributed by atoms with van der Waals surface area (Å²) >= 11 is 0. The van der Waals surface area contributed by atoms with Crippen LogP contribution in [0.2, 0.25) is 0 Å². The van der Waals surface area contributed by atoms with Gasteiger partial charge in [-0.25, -0.2) is 14.8 Å². The molecule has 1 aliphatic rings. The number of amides is 1. The molecule has 0 bridgehead atoms. The molecular weight excluding hydrogens is 310 g/mol. The molecule has 24 heavy (non-hydrogen) atoms. The van der Waals surface area contributed by atoms with Gasteiger partial charge >= 0.3 is 5.97 Å². The summed E-state index contributed by atoms with van der Waals surface area (Å²) in [4.78, 5) is 32.6. The maximum absolute atomic E-state index is 12.5. The van der Waals surface area contributed by atoms with E-state index in [0.29, 0.717) is 19.7 Å². The van der Waals surface area contributed by atoms with Gasteiger partial charge in [0.05, 0.1) is 25.1 Å². The highest BCUT2D eigenvalue weighted by atomic mass is 16.5. The lowest BCUT2D eigenvalue weighted by atomic mass is 10.1. The molecule has 0 spiro atoms. The Bertz CT molecular complexity index is 718. The number of carbonyl (C=O) groups excluding carboxylic acids is 1. The van der Waals surface area contributed by atoms with E-state index in [1.165, 1.54) is 6.20 Å². The van der Waals surface area contributed by atoms with Crippen molar-refractivity contribution in [2.45, 2.75) is 12.5 Å². The molecule has 1 aromatic carbocycles. The van der Waals surface area contributed by atoms with Crippen LogP contribution in [0.1, 0.15) is 26.5 Å². The zero-order valence-corrected chi connectivity index (χ0v) is 13.0. The van der Waals surface area contributed by atoms with Gasteiger partial charge in [0.1, 0.15) is 5.69 Å². The fraction of sp³-hybridized carbons (Fsp3) is 0.294. The molecule has 1 aliphatic heterocycles. The second-order valence-electron chi connectivity index (χ2n) is 5.53. The van der Waals surface area contributed by atoms with E-state index >= 15 is 0 Å². The molecule has 7 heteroatoms. The highest BCUT2D eigenvalue weighted by molar-refractivity contribution is 5.92. The van der Waals surface area contributed by atoms with Crippen molar-refractivity contribution >= 4 is 11.9 Å². The number of nitrogens with zero attached hydrogens (tertiary/aromatic N) is 3. The molecular formula is C17H17N3O4. The van der Waals surface area contributed by atoms with Crippen LogP contribution in [0.5, 0.6) is 0 Å². The van der Waals surface area contributed by atoms with Crippen LogP contribution in [0.15, 0.2) is 42.7 Å². The van der Waals surface area contributed by atoms with E-state index in [9.17, 15) is 9.59 Å². The average Bonchev–Trinajstić information content (AvgIpc) is 2.62. The lowest BCUT2D eigenvalue weighted by Gasteiger charge is -2.32. The predicted molar refractivity (Wildman–Crippen MR) is 84.8 cm³/mol. The van der Waals surface area contributed by atoms with Crippen molar-refractivity contribution < 1.29 is 19.4 Å². The van der Waals surface area contributed by atoms with Crippen LogP contribution in [0.4, 0.5) is 0 Å². The van der Waals surface area contributed by atoms with Crippen molar-refractivity contribution in [1.29, 1.82) is 0 Å². The van der Waals surface area contributed by atoms with E-state index in [1.54, 1.807) is 4.90 Å². The van der Waals surface area contributed by atoms with Gasteiger partial charge in [0.2, 0.25) is 0 Å². The second kappa shape index (κ2) is 7.18. The number of hydrogen-bond acceptors (Lipinski definition) is 5. The highest BCUT2D eigenvalue weighted by Gasteiger charge is 2.26.